The van der Waals surface area contributed by atoms with Gasteiger partial charge in [-0.1, -0.05) is 18.2 Å². The van der Waals surface area contributed by atoms with Gasteiger partial charge in [0, 0.05) is 28.0 Å². The van der Waals surface area contributed by atoms with E-state index in [-0.39, 0.29) is 0 Å². The van der Waals surface area contributed by atoms with E-state index in [1.807, 2.05) is 37.4 Å². The molecule has 90 valence electrons. The summed E-state index contributed by atoms with van der Waals surface area (Å²) in [5, 5.41) is 4.13. The number of para-hydroxylation sites is 1. The topological polar surface area (TPSA) is 34.9 Å². The highest BCUT2D eigenvalue weighted by molar-refractivity contribution is 7.09. The van der Waals surface area contributed by atoms with Crippen molar-refractivity contribution in [1.82, 2.24) is 9.55 Å². The number of aromatic nitrogens is 2. The van der Waals surface area contributed by atoms with Crippen LogP contribution in [0.1, 0.15) is 21.1 Å². The first kappa shape index (κ1) is 11.2. The van der Waals surface area contributed by atoms with Gasteiger partial charge < -0.3 is 4.57 Å². The summed E-state index contributed by atoms with van der Waals surface area (Å²) in [5.74, 6) is 0. The Kier molecular flexibility index (Phi) is 2.72. The highest BCUT2D eigenvalue weighted by Crippen LogP contribution is 2.21. The SMILES string of the molecule is Cc1nc(Cn2cc(C=O)c3ccccc32)cs1. The van der Waals surface area contributed by atoms with Crippen molar-refractivity contribution in [3.63, 3.8) is 0 Å². The Hall–Kier alpha value is -1.94. The van der Waals surface area contributed by atoms with Crippen LogP contribution in [0.2, 0.25) is 0 Å². The Morgan fingerprint density at radius 3 is 2.94 bits per heavy atom. The molecule has 0 N–H and O–H groups in total. The van der Waals surface area contributed by atoms with Crippen LogP contribution in [-0.4, -0.2) is 15.8 Å². The minimum absolute atomic E-state index is 0.707. The van der Waals surface area contributed by atoms with Gasteiger partial charge in [0.25, 0.3) is 0 Å². The van der Waals surface area contributed by atoms with Crippen LogP contribution in [-0.2, 0) is 6.54 Å². The van der Waals surface area contributed by atoms with Crippen molar-refractivity contribution in [3.05, 3.63) is 52.1 Å². The molecule has 2 heterocycles. The van der Waals surface area contributed by atoms with Gasteiger partial charge in [0.15, 0.2) is 6.29 Å². The Morgan fingerprint density at radius 2 is 2.22 bits per heavy atom. The van der Waals surface area contributed by atoms with Crippen LogP contribution >= 0.6 is 11.3 Å². The molecule has 0 bridgehead atoms. The Balaban J connectivity index is 2.09. The minimum Gasteiger partial charge on any atom is -0.341 e. The number of fused-ring (bicyclic) bond motifs is 1. The number of carbonyl (C=O) groups excluding carboxylic acids is 1. The molecule has 4 heteroatoms. The van der Waals surface area contributed by atoms with Gasteiger partial charge in [-0.3, -0.25) is 4.79 Å². The molecule has 0 amide bonds. The molecule has 0 fully saturated rings. The molecule has 3 rings (SSSR count). The average molecular weight is 256 g/mol. The van der Waals surface area contributed by atoms with Crippen molar-refractivity contribution < 1.29 is 4.79 Å². The van der Waals surface area contributed by atoms with Gasteiger partial charge in [0.1, 0.15) is 0 Å². The summed E-state index contributed by atoms with van der Waals surface area (Å²) in [5.41, 5.74) is 2.85. The van der Waals surface area contributed by atoms with Crippen molar-refractivity contribution in [1.29, 1.82) is 0 Å². The number of carbonyl (C=O) groups is 1. The van der Waals surface area contributed by atoms with E-state index in [4.69, 9.17) is 0 Å². The molecule has 0 spiro atoms. The normalized spacial score (nSPS) is 10.9. The van der Waals surface area contributed by atoms with E-state index in [1.165, 1.54) is 0 Å². The van der Waals surface area contributed by atoms with Crippen LogP contribution < -0.4 is 0 Å². The maximum atomic E-state index is 11.1. The lowest BCUT2D eigenvalue weighted by Crippen LogP contribution is -1.98. The monoisotopic (exact) mass is 256 g/mol. The number of benzene rings is 1. The highest BCUT2D eigenvalue weighted by atomic mass is 32.1. The number of hydrogen-bond acceptors (Lipinski definition) is 3. The van der Waals surface area contributed by atoms with E-state index in [0.29, 0.717) is 6.54 Å². The van der Waals surface area contributed by atoms with Crippen molar-refractivity contribution in [2.75, 3.05) is 0 Å². The number of thiazole rings is 1. The van der Waals surface area contributed by atoms with E-state index in [0.717, 1.165) is 33.5 Å². The third-order valence-corrected chi connectivity index (χ3v) is 3.77. The second kappa shape index (κ2) is 4.38. The first-order chi connectivity index (χ1) is 8.78. The van der Waals surface area contributed by atoms with Crippen LogP contribution in [0.25, 0.3) is 10.9 Å². The first-order valence-corrected chi connectivity index (χ1v) is 6.60. The van der Waals surface area contributed by atoms with Crippen LogP contribution in [0.4, 0.5) is 0 Å². The number of hydrogen-bond donors (Lipinski definition) is 0. The van der Waals surface area contributed by atoms with Gasteiger partial charge >= 0.3 is 0 Å². The zero-order valence-electron chi connectivity index (χ0n) is 9.96. The number of aryl methyl sites for hydroxylation is 1. The highest BCUT2D eigenvalue weighted by Gasteiger charge is 2.08. The van der Waals surface area contributed by atoms with Crippen LogP contribution in [0.5, 0.6) is 0 Å². The van der Waals surface area contributed by atoms with Crippen molar-refractivity contribution in [3.8, 4) is 0 Å². The van der Waals surface area contributed by atoms with E-state index in [1.54, 1.807) is 11.3 Å². The third kappa shape index (κ3) is 1.84. The summed E-state index contributed by atoms with van der Waals surface area (Å²) < 4.78 is 2.08. The molecule has 0 saturated carbocycles. The molecule has 1 aromatic carbocycles. The van der Waals surface area contributed by atoms with Gasteiger partial charge in [0.05, 0.1) is 17.2 Å². The number of aldehydes is 1. The Bertz CT molecular complexity index is 711. The summed E-state index contributed by atoms with van der Waals surface area (Å²) in [7, 11) is 0. The molecular weight excluding hydrogens is 244 g/mol. The standard InChI is InChI=1S/C14H12N2OS/c1-10-15-12(9-18-10)7-16-6-11(8-17)13-4-2-3-5-14(13)16/h2-6,8-9H,7H2,1H3. The van der Waals surface area contributed by atoms with Gasteiger partial charge in [0.2, 0.25) is 0 Å². The lowest BCUT2D eigenvalue weighted by molar-refractivity contribution is 0.112. The molecule has 0 aliphatic rings. The fourth-order valence-electron chi connectivity index (χ4n) is 2.16. The van der Waals surface area contributed by atoms with Crippen molar-refractivity contribution in [2.24, 2.45) is 0 Å². The first-order valence-electron chi connectivity index (χ1n) is 5.72. The zero-order valence-corrected chi connectivity index (χ0v) is 10.8. The van der Waals surface area contributed by atoms with Crippen LogP contribution in [0.15, 0.2) is 35.8 Å². The van der Waals surface area contributed by atoms with E-state index >= 15 is 0 Å². The molecule has 0 unspecified atom stereocenters. The lowest BCUT2D eigenvalue weighted by Gasteiger charge is -2.02. The van der Waals surface area contributed by atoms with Gasteiger partial charge in [-0.25, -0.2) is 4.98 Å². The second-order valence-corrected chi connectivity index (χ2v) is 5.27. The molecule has 0 atom stereocenters. The largest absolute Gasteiger partial charge is 0.341 e. The van der Waals surface area contributed by atoms with Crippen molar-refractivity contribution in [2.45, 2.75) is 13.5 Å². The fraction of sp³-hybridized carbons (Fsp3) is 0.143. The predicted molar refractivity (Wildman–Crippen MR) is 73.3 cm³/mol. The summed E-state index contributed by atoms with van der Waals surface area (Å²) in [4.78, 5) is 15.5. The van der Waals surface area contributed by atoms with Crippen LogP contribution in [0.3, 0.4) is 0 Å². The van der Waals surface area contributed by atoms with Crippen LogP contribution in [0, 0.1) is 6.92 Å². The van der Waals surface area contributed by atoms with Gasteiger partial charge in [-0.05, 0) is 13.0 Å². The fourth-order valence-corrected chi connectivity index (χ4v) is 2.76. The second-order valence-electron chi connectivity index (χ2n) is 4.21. The Morgan fingerprint density at radius 1 is 1.39 bits per heavy atom. The zero-order chi connectivity index (χ0) is 12.5. The lowest BCUT2D eigenvalue weighted by atomic mass is 10.2. The van der Waals surface area contributed by atoms with E-state index in [2.05, 4.69) is 14.9 Å². The molecule has 0 saturated heterocycles. The molecule has 18 heavy (non-hydrogen) atoms. The number of rotatable bonds is 3. The minimum atomic E-state index is 0.707. The molecule has 0 aliphatic carbocycles. The smallest absolute Gasteiger partial charge is 0.152 e. The molecule has 0 radical (unpaired) electrons. The Labute approximate surface area is 109 Å². The average Bonchev–Trinajstić information content (AvgIpc) is 2.95. The molecular formula is C14H12N2OS. The van der Waals surface area contributed by atoms with Gasteiger partial charge in [-0.15, -0.1) is 11.3 Å². The summed E-state index contributed by atoms with van der Waals surface area (Å²) in [6, 6.07) is 7.94. The summed E-state index contributed by atoms with van der Waals surface area (Å²) in [6.45, 7) is 2.71. The maximum absolute atomic E-state index is 11.1. The summed E-state index contributed by atoms with van der Waals surface area (Å²) >= 11 is 1.65. The molecule has 3 nitrogen and oxygen atoms in total. The number of nitrogens with zero attached hydrogens (tertiary/aromatic N) is 2. The molecule has 3 aromatic rings. The predicted octanol–water partition coefficient (Wildman–Crippen LogP) is 3.27. The maximum Gasteiger partial charge on any atom is 0.152 e. The van der Waals surface area contributed by atoms with E-state index in [9.17, 15) is 4.79 Å². The van der Waals surface area contributed by atoms with Crippen molar-refractivity contribution >= 4 is 28.5 Å². The quantitative estimate of drug-likeness (QED) is 0.674. The molecule has 0 aliphatic heterocycles. The third-order valence-electron chi connectivity index (χ3n) is 2.95. The van der Waals surface area contributed by atoms with Gasteiger partial charge in [-0.2, -0.15) is 0 Å². The summed E-state index contributed by atoms with van der Waals surface area (Å²) in [6.07, 6.45) is 2.80. The van der Waals surface area contributed by atoms with E-state index < -0.39 is 0 Å². The molecule has 2 aromatic heterocycles.